The molecule has 16 heavy (non-hydrogen) atoms. The minimum atomic E-state index is 0.793. The van der Waals surface area contributed by atoms with Crippen LogP contribution in [0.1, 0.15) is 32.1 Å². The quantitative estimate of drug-likeness (QED) is 0.757. The summed E-state index contributed by atoms with van der Waals surface area (Å²) in [5, 5.41) is 3.34. The second-order valence-electron chi connectivity index (χ2n) is 5.29. The molecule has 0 amide bonds. The van der Waals surface area contributed by atoms with E-state index in [1.165, 1.54) is 71.4 Å². The Morgan fingerprint density at radius 3 is 2.50 bits per heavy atom. The summed E-state index contributed by atoms with van der Waals surface area (Å²) in [6.07, 6.45) is 7.05. The molecule has 0 saturated carbocycles. The molecule has 3 heteroatoms. The van der Waals surface area contributed by atoms with E-state index in [1.807, 2.05) is 0 Å². The van der Waals surface area contributed by atoms with Crippen LogP contribution in [0.3, 0.4) is 0 Å². The van der Waals surface area contributed by atoms with Gasteiger partial charge < -0.3 is 10.2 Å². The summed E-state index contributed by atoms with van der Waals surface area (Å²) in [5.41, 5.74) is 0. The molecule has 0 spiro atoms. The average molecular weight is 225 g/mol. The van der Waals surface area contributed by atoms with Crippen molar-refractivity contribution in [1.82, 2.24) is 15.1 Å². The molecule has 2 saturated heterocycles. The lowest BCUT2D eigenvalue weighted by Crippen LogP contribution is -2.47. The fourth-order valence-electron chi connectivity index (χ4n) is 3.10. The highest BCUT2D eigenvalue weighted by molar-refractivity contribution is 4.79. The van der Waals surface area contributed by atoms with Crippen molar-refractivity contribution >= 4 is 0 Å². The van der Waals surface area contributed by atoms with Gasteiger partial charge in [-0.2, -0.15) is 0 Å². The molecule has 2 aliphatic rings. The predicted octanol–water partition coefficient (Wildman–Crippen LogP) is 1.16. The van der Waals surface area contributed by atoms with Gasteiger partial charge in [0.25, 0.3) is 0 Å². The second kappa shape index (κ2) is 6.58. The molecule has 2 rings (SSSR count). The van der Waals surface area contributed by atoms with E-state index in [1.54, 1.807) is 0 Å². The van der Waals surface area contributed by atoms with Crippen molar-refractivity contribution in [3.8, 4) is 0 Å². The Hall–Kier alpha value is -0.120. The summed E-state index contributed by atoms with van der Waals surface area (Å²) >= 11 is 0. The predicted molar refractivity (Wildman–Crippen MR) is 68.8 cm³/mol. The summed E-state index contributed by atoms with van der Waals surface area (Å²) in [5.74, 6) is 0. The van der Waals surface area contributed by atoms with Gasteiger partial charge in [-0.15, -0.1) is 0 Å². The number of likely N-dealkylation sites (N-methyl/N-ethyl adjacent to an activating group) is 1. The van der Waals surface area contributed by atoms with Crippen LogP contribution in [-0.4, -0.2) is 62.2 Å². The molecule has 0 aliphatic carbocycles. The topological polar surface area (TPSA) is 18.5 Å². The highest BCUT2D eigenvalue weighted by Gasteiger charge is 2.22. The van der Waals surface area contributed by atoms with E-state index in [2.05, 4.69) is 22.2 Å². The summed E-state index contributed by atoms with van der Waals surface area (Å²) in [4.78, 5) is 5.34. The molecular weight excluding hydrogens is 198 g/mol. The third-order valence-electron chi connectivity index (χ3n) is 4.09. The van der Waals surface area contributed by atoms with Crippen molar-refractivity contribution in [3.05, 3.63) is 0 Å². The summed E-state index contributed by atoms with van der Waals surface area (Å²) in [6.45, 7) is 7.74. The first-order chi connectivity index (χ1) is 7.90. The molecule has 0 aromatic rings. The Balaban J connectivity index is 1.72. The van der Waals surface area contributed by atoms with Crippen molar-refractivity contribution in [2.45, 2.75) is 38.1 Å². The van der Waals surface area contributed by atoms with Gasteiger partial charge in [-0.25, -0.2) is 0 Å². The van der Waals surface area contributed by atoms with Crippen molar-refractivity contribution < 1.29 is 0 Å². The minimum absolute atomic E-state index is 0.793. The van der Waals surface area contributed by atoms with Gasteiger partial charge in [-0.1, -0.05) is 6.42 Å². The number of hydrogen-bond acceptors (Lipinski definition) is 3. The maximum Gasteiger partial charge on any atom is 0.0221 e. The van der Waals surface area contributed by atoms with Gasteiger partial charge in [0, 0.05) is 25.7 Å². The molecular formula is C13H27N3. The van der Waals surface area contributed by atoms with E-state index in [0.717, 1.165) is 6.04 Å². The van der Waals surface area contributed by atoms with Gasteiger partial charge in [-0.3, -0.25) is 4.90 Å². The fourth-order valence-corrected chi connectivity index (χ4v) is 3.10. The number of nitrogens with one attached hydrogen (secondary N) is 1. The molecule has 0 aromatic carbocycles. The lowest BCUT2D eigenvalue weighted by Gasteiger charge is -2.36. The molecule has 94 valence electrons. The maximum atomic E-state index is 3.34. The third kappa shape index (κ3) is 3.44. The zero-order valence-electron chi connectivity index (χ0n) is 10.7. The van der Waals surface area contributed by atoms with Crippen LogP contribution in [0.5, 0.6) is 0 Å². The Kier molecular flexibility index (Phi) is 5.07. The molecule has 2 fully saturated rings. The van der Waals surface area contributed by atoms with Crippen LogP contribution in [-0.2, 0) is 0 Å². The second-order valence-corrected chi connectivity index (χ2v) is 5.29. The van der Waals surface area contributed by atoms with Gasteiger partial charge in [0.15, 0.2) is 0 Å². The standard InChI is InChI=1S/C13H27N3/c1-14-12-13-6-2-3-9-16(13)11-10-15-7-4-5-8-15/h13-14H,2-12H2,1H3. The van der Waals surface area contributed by atoms with E-state index >= 15 is 0 Å². The highest BCUT2D eigenvalue weighted by Crippen LogP contribution is 2.16. The lowest BCUT2D eigenvalue weighted by atomic mass is 10.0. The van der Waals surface area contributed by atoms with E-state index in [4.69, 9.17) is 0 Å². The molecule has 1 unspecified atom stereocenters. The summed E-state index contributed by atoms with van der Waals surface area (Å²) in [7, 11) is 2.08. The molecule has 3 nitrogen and oxygen atoms in total. The van der Waals surface area contributed by atoms with Crippen LogP contribution >= 0.6 is 0 Å². The average Bonchev–Trinajstić information content (AvgIpc) is 2.81. The van der Waals surface area contributed by atoms with Gasteiger partial charge in [0.05, 0.1) is 0 Å². The van der Waals surface area contributed by atoms with Crippen molar-refractivity contribution in [1.29, 1.82) is 0 Å². The fraction of sp³-hybridized carbons (Fsp3) is 1.00. The van der Waals surface area contributed by atoms with Gasteiger partial charge in [-0.05, 0) is 52.4 Å². The third-order valence-corrected chi connectivity index (χ3v) is 4.09. The van der Waals surface area contributed by atoms with Crippen molar-refractivity contribution in [3.63, 3.8) is 0 Å². The molecule has 0 bridgehead atoms. The molecule has 2 aliphatic heterocycles. The van der Waals surface area contributed by atoms with Crippen LogP contribution < -0.4 is 5.32 Å². The first-order valence-corrected chi connectivity index (χ1v) is 7.01. The van der Waals surface area contributed by atoms with Gasteiger partial charge in [0.1, 0.15) is 0 Å². The first kappa shape index (κ1) is 12.3. The molecule has 1 N–H and O–H groups in total. The maximum absolute atomic E-state index is 3.34. The van der Waals surface area contributed by atoms with E-state index in [-0.39, 0.29) is 0 Å². The summed E-state index contributed by atoms with van der Waals surface area (Å²) in [6, 6.07) is 0.793. The SMILES string of the molecule is CNCC1CCCCN1CCN1CCCC1. The number of piperidine rings is 1. The Morgan fingerprint density at radius 2 is 1.75 bits per heavy atom. The first-order valence-electron chi connectivity index (χ1n) is 7.01. The largest absolute Gasteiger partial charge is 0.318 e. The Bertz CT molecular complexity index is 188. The van der Waals surface area contributed by atoms with Crippen LogP contribution in [0.2, 0.25) is 0 Å². The number of likely N-dealkylation sites (tertiary alicyclic amines) is 2. The minimum Gasteiger partial charge on any atom is -0.318 e. The lowest BCUT2D eigenvalue weighted by molar-refractivity contribution is 0.131. The summed E-state index contributed by atoms with van der Waals surface area (Å²) < 4.78 is 0. The zero-order chi connectivity index (χ0) is 11.2. The highest BCUT2D eigenvalue weighted by atomic mass is 15.2. The van der Waals surface area contributed by atoms with Crippen LogP contribution in [0.25, 0.3) is 0 Å². The number of rotatable bonds is 5. The van der Waals surface area contributed by atoms with Crippen LogP contribution in [0, 0.1) is 0 Å². The van der Waals surface area contributed by atoms with Crippen LogP contribution in [0.15, 0.2) is 0 Å². The van der Waals surface area contributed by atoms with E-state index < -0.39 is 0 Å². The van der Waals surface area contributed by atoms with E-state index in [0.29, 0.717) is 0 Å². The normalized spacial score (nSPS) is 28.7. The van der Waals surface area contributed by atoms with Crippen molar-refractivity contribution in [2.75, 3.05) is 46.3 Å². The zero-order valence-corrected chi connectivity index (χ0v) is 10.7. The molecule has 2 heterocycles. The monoisotopic (exact) mass is 225 g/mol. The van der Waals surface area contributed by atoms with E-state index in [9.17, 15) is 0 Å². The number of hydrogen-bond donors (Lipinski definition) is 1. The molecule has 0 aromatic heterocycles. The van der Waals surface area contributed by atoms with Crippen molar-refractivity contribution in [2.24, 2.45) is 0 Å². The smallest absolute Gasteiger partial charge is 0.0221 e. The number of nitrogens with zero attached hydrogens (tertiary/aromatic N) is 2. The van der Waals surface area contributed by atoms with Crippen LogP contribution in [0.4, 0.5) is 0 Å². The van der Waals surface area contributed by atoms with Gasteiger partial charge >= 0.3 is 0 Å². The molecule has 1 atom stereocenters. The van der Waals surface area contributed by atoms with Gasteiger partial charge in [0.2, 0.25) is 0 Å². The Labute approximate surface area is 100 Å². The molecule has 0 radical (unpaired) electrons. The Morgan fingerprint density at radius 1 is 1.00 bits per heavy atom.